The molecule has 1 fully saturated rings. The van der Waals surface area contributed by atoms with Crippen molar-refractivity contribution in [1.82, 2.24) is 0 Å². The SMILES string of the molecule is CC(N)(C1CCCC1)P(=O)(O)O. The zero-order valence-corrected chi connectivity index (χ0v) is 8.13. The molecule has 1 rings (SSSR count). The third-order valence-electron chi connectivity index (χ3n) is 2.81. The lowest BCUT2D eigenvalue weighted by molar-refractivity contribution is 0.284. The van der Waals surface area contributed by atoms with E-state index in [1.54, 1.807) is 0 Å². The molecule has 0 aromatic carbocycles. The smallest absolute Gasteiger partial charge is 0.323 e. The first kappa shape index (κ1) is 10.2. The summed E-state index contributed by atoms with van der Waals surface area (Å²) in [7, 11) is -4.14. The highest BCUT2D eigenvalue weighted by Crippen LogP contribution is 2.54. The van der Waals surface area contributed by atoms with Gasteiger partial charge < -0.3 is 15.5 Å². The number of hydrogen-bond acceptors (Lipinski definition) is 2. The van der Waals surface area contributed by atoms with Crippen LogP contribution in [0.5, 0.6) is 0 Å². The van der Waals surface area contributed by atoms with Gasteiger partial charge in [0.1, 0.15) is 5.28 Å². The van der Waals surface area contributed by atoms with Crippen LogP contribution in [0.3, 0.4) is 0 Å². The minimum atomic E-state index is -4.14. The van der Waals surface area contributed by atoms with Gasteiger partial charge in [0.05, 0.1) is 0 Å². The molecule has 12 heavy (non-hydrogen) atoms. The molecular formula is C7H16NO3P. The predicted octanol–water partition coefficient (Wildman–Crippen LogP) is 1.03. The third-order valence-corrected chi connectivity index (χ3v) is 4.43. The first-order valence-corrected chi connectivity index (χ1v) is 5.81. The Hall–Kier alpha value is 0.110. The molecule has 0 saturated heterocycles. The predicted molar refractivity (Wildman–Crippen MR) is 46.6 cm³/mol. The van der Waals surface area contributed by atoms with E-state index in [2.05, 4.69) is 0 Å². The van der Waals surface area contributed by atoms with Gasteiger partial charge in [-0.3, -0.25) is 4.57 Å². The topological polar surface area (TPSA) is 83.6 Å². The molecule has 1 aliphatic rings. The van der Waals surface area contributed by atoms with Gasteiger partial charge in [-0.15, -0.1) is 0 Å². The van der Waals surface area contributed by atoms with E-state index in [0.29, 0.717) is 0 Å². The van der Waals surface area contributed by atoms with Crippen LogP contribution in [0.25, 0.3) is 0 Å². The van der Waals surface area contributed by atoms with E-state index in [0.717, 1.165) is 25.7 Å². The second kappa shape index (κ2) is 3.11. The quantitative estimate of drug-likeness (QED) is 0.572. The second-order valence-electron chi connectivity index (χ2n) is 3.75. The lowest BCUT2D eigenvalue weighted by Gasteiger charge is -2.31. The van der Waals surface area contributed by atoms with Crippen LogP contribution in [0.4, 0.5) is 0 Å². The van der Waals surface area contributed by atoms with E-state index >= 15 is 0 Å². The van der Waals surface area contributed by atoms with Crippen molar-refractivity contribution < 1.29 is 14.4 Å². The fourth-order valence-electron chi connectivity index (χ4n) is 1.75. The summed E-state index contributed by atoms with van der Waals surface area (Å²) >= 11 is 0. The molecule has 0 radical (unpaired) electrons. The summed E-state index contributed by atoms with van der Waals surface area (Å²) in [6, 6.07) is 0. The summed E-state index contributed by atoms with van der Waals surface area (Å²) in [5.41, 5.74) is 5.64. The highest BCUT2D eigenvalue weighted by molar-refractivity contribution is 7.53. The Morgan fingerprint density at radius 1 is 1.42 bits per heavy atom. The monoisotopic (exact) mass is 193 g/mol. The van der Waals surface area contributed by atoms with E-state index in [1.165, 1.54) is 6.92 Å². The standard InChI is InChI=1S/C7H16NO3P/c1-7(8,12(9,10)11)6-4-2-3-5-6/h6H,2-5,8H2,1H3,(H2,9,10,11). The summed E-state index contributed by atoms with van der Waals surface area (Å²) < 4.78 is 11.0. The summed E-state index contributed by atoms with van der Waals surface area (Å²) in [6.45, 7) is 1.46. The van der Waals surface area contributed by atoms with Crippen LogP contribution in [0.2, 0.25) is 0 Å². The van der Waals surface area contributed by atoms with Crippen molar-refractivity contribution in [3.63, 3.8) is 0 Å². The maximum Gasteiger partial charge on any atom is 0.345 e. The van der Waals surface area contributed by atoms with E-state index in [9.17, 15) is 4.57 Å². The number of nitrogens with two attached hydrogens (primary N) is 1. The van der Waals surface area contributed by atoms with Crippen molar-refractivity contribution in [2.75, 3.05) is 0 Å². The van der Waals surface area contributed by atoms with Gasteiger partial charge in [0.15, 0.2) is 0 Å². The van der Waals surface area contributed by atoms with Crippen molar-refractivity contribution >= 4 is 7.60 Å². The van der Waals surface area contributed by atoms with Gasteiger partial charge in [-0.05, 0) is 25.7 Å². The molecule has 0 aromatic rings. The highest BCUT2D eigenvalue weighted by Gasteiger charge is 2.45. The zero-order chi connectivity index (χ0) is 9.41. The van der Waals surface area contributed by atoms with Gasteiger partial charge in [-0.1, -0.05) is 12.8 Å². The van der Waals surface area contributed by atoms with E-state index < -0.39 is 12.9 Å². The fourth-order valence-corrected chi connectivity index (χ4v) is 2.48. The average molecular weight is 193 g/mol. The molecule has 1 unspecified atom stereocenters. The Morgan fingerprint density at radius 3 is 2.17 bits per heavy atom. The third kappa shape index (κ3) is 1.72. The van der Waals surface area contributed by atoms with Crippen LogP contribution in [0.1, 0.15) is 32.6 Å². The van der Waals surface area contributed by atoms with Crippen molar-refractivity contribution in [1.29, 1.82) is 0 Å². The summed E-state index contributed by atoms with van der Waals surface area (Å²) in [4.78, 5) is 18.0. The normalized spacial score (nSPS) is 25.7. The van der Waals surface area contributed by atoms with Gasteiger partial charge in [-0.2, -0.15) is 0 Å². The fraction of sp³-hybridized carbons (Fsp3) is 1.00. The molecule has 1 aliphatic carbocycles. The lowest BCUT2D eigenvalue weighted by Crippen LogP contribution is -2.42. The zero-order valence-electron chi connectivity index (χ0n) is 7.23. The molecule has 0 amide bonds. The first-order valence-electron chi connectivity index (χ1n) is 4.20. The maximum atomic E-state index is 11.0. The Morgan fingerprint density at radius 2 is 1.83 bits per heavy atom. The highest BCUT2D eigenvalue weighted by atomic mass is 31.2. The van der Waals surface area contributed by atoms with Crippen LogP contribution in [0.15, 0.2) is 0 Å². The van der Waals surface area contributed by atoms with Crippen LogP contribution in [0, 0.1) is 5.92 Å². The van der Waals surface area contributed by atoms with Crippen LogP contribution < -0.4 is 5.73 Å². The lowest BCUT2D eigenvalue weighted by atomic mass is 10.00. The summed E-state index contributed by atoms with van der Waals surface area (Å²) in [5, 5.41) is -1.32. The Balaban J connectivity index is 2.76. The first-order chi connectivity index (χ1) is 5.36. The Labute approximate surface area is 72.3 Å². The summed E-state index contributed by atoms with van der Waals surface area (Å²) in [5.74, 6) is -0.0154. The number of hydrogen-bond donors (Lipinski definition) is 3. The van der Waals surface area contributed by atoms with Crippen molar-refractivity contribution in [3.05, 3.63) is 0 Å². The van der Waals surface area contributed by atoms with Gasteiger partial charge in [0.2, 0.25) is 0 Å². The van der Waals surface area contributed by atoms with Crippen LogP contribution in [-0.4, -0.2) is 15.1 Å². The average Bonchev–Trinajstić information content (AvgIpc) is 2.34. The minimum Gasteiger partial charge on any atom is -0.323 e. The minimum absolute atomic E-state index is 0.0154. The van der Waals surface area contributed by atoms with E-state index in [4.69, 9.17) is 15.5 Å². The molecule has 1 atom stereocenters. The Bertz CT molecular complexity index is 205. The molecule has 0 aliphatic heterocycles. The Kier molecular flexibility index (Phi) is 2.64. The van der Waals surface area contributed by atoms with Crippen LogP contribution >= 0.6 is 7.60 Å². The second-order valence-corrected chi connectivity index (χ2v) is 5.80. The van der Waals surface area contributed by atoms with Gasteiger partial charge in [0, 0.05) is 0 Å². The largest absolute Gasteiger partial charge is 0.345 e. The molecule has 72 valence electrons. The van der Waals surface area contributed by atoms with Crippen molar-refractivity contribution in [2.45, 2.75) is 37.9 Å². The molecule has 4 nitrogen and oxygen atoms in total. The molecule has 0 aromatic heterocycles. The number of rotatable bonds is 2. The molecule has 1 saturated carbocycles. The van der Waals surface area contributed by atoms with Gasteiger partial charge in [0.25, 0.3) is 0 Å². The summed E-state index contributed by atoms with van der Waals surface area (Å²) in [6.07, 6.45) is 3.77. The van der Waals surface area contributed by atoms with Gasteiger partial charge in [-0.25, -0.2) is 0 Å². The molecular weight excluding hydrogens is 177 g/mol. The van der Waals surface area contributed by atoms with Gasteiger partial charge >= 0.3 is 7.60 Å². The molecule has 0 heterocycles. The van der Waals surface area contributed by atoms with Crippen molar-refractivity contribution in [3.8, 4) is 0 Å². The van der Waals surface area contributed by atoms with Crippen molar-refractivity contribution in [2.24, 2.45) is 11.7 Å². The van der Waals surface area contributed by atoms with Crippen LogP contribution in [-0.2, 0) is 4.57 Å². The molecule has 0 spiro atoms. The molecule has 5 heteroatoms. The molecule has 0 bridgehead atoms. The maximum absolute atomic E-state index is 11.0. The van der Waals surface area contributed by atoms with E-state index in [-0.39, 0.29) is 5.92 Å². The van der Waals surface area contributed by atoms with E-state index in [1.807, 2.05) is 0 Å². The molecule has 4 N–H and O–H groups in total.